The van der Waals surface area contributed by atoms with E-state index in [1.807, 2.05) is 0 Å². The Morgan fingerprint density at radius 2 is 1.95 bits per heavy atom. The van der Waals surface area contributed by atoms with Gasteiger partial charge in [0.25, 0.3) is 0 Å². The average molecular weight is 592 g/mol. The molecule has 0 radical (unpaired) electrons. The predicted octanol–water partition coefficient (Wildman–Crippen LogP) is -1.22. The van der Waals surface area contributed by atoms with Crippen LogP contribution in [0.3, 0.4) is 0 Å². The predicted molar refractivity (Wildman–Crippen MR) is 123 cm³/mol. The monoisotopic (exact) mass is 592 g/mol. The van der Waals surface area contributed by atoms with E-state index in [0.717, 1.165) is 0 Å². The van der Waals surface area contributed by atoms with Crippen molar-refractivity contribution in [1.29, 1.82) is 0 Å². The lowest BCUT2D eigenvalue weighted by atomic mass is 10.1. The fraction of sp³-hybridized carbons (Fsp3) is 0.562. The lowest BCUT2D eigenvalue weighted by molar-refractivity contribution is -0.127. The van der Waals surface area contributed by atoms with Crippen LogP contribution in [0.15, 0.2) is 29.4 Å². The molecule has 0 amide bonds. The van der Waals surface area contributed by atoms with Crippen molar-refractivity contribution >= 4 is 29.3 Å². The SMILES string of the molecule is C=CCOCOC1C[C@H](N2C=C(C#CCN)C(N)=NC2O)O[C@@H]1COP(=O)(O)OP(=O)(O)OP(=O)(O)O. The zero-order valence-electron chi connectivity index (χ0n) is 19.0. The van der Waals surface area contributed by atoms with Crippen molar-refractivity contribution in [2.45, 2.75) is 31.2 Å². The number of ether oxygens (including phenoxy) is 3. The minimum absolute atomic E-state index is 0.0302. The van der Waals surface area contributed by atoms with Crippen LogP contribution >= 0.6 is 23.5 Å². The summed E-state index contributed by atoms with van der Waals surface area (Å²) in [4.78, 5) is 41.4. The molecule has 0 aromatic carbocycles. The first kappa shape index (κ1) is 31.7. The smallest absolute Gasteiger partial charge is 0.383 e. The topological polar surface area (TPSA) is 275 Å². The number of phosphoric ester groups is 1. The van der Waals surface area contributed by atoms with E-state index in [1.165, 1.54) is 17.2 Å². The number of hydrogen-bond donors (Lipinski definition) is 7. The molecule has 0 aromatic heterocycles. The number of nitrogens with zero attached hydrogens (tertiary/aromatic N) is 2. The molecular weight excluding hydrogens is 565 g/mol. The Kier molecular flexibility index (Phi) is 11.6. The van der Waals surface area contributed by atoms with Crippen LogP contribution in [0.4, 0.5) is 0 Å². The van der Waals surface area contributed by atoms with Crippen LogP contribution < -0.4 is 11.5 Å². The molecule has 2 rings (SSSR count). The van der Waals surface area contributed by atoms with Crippen molar-refractivity contribution < 1.29 is 65.7 Å². The van der Waals surface area contributed by atoms with Crippen LogP contribution in [-0.2, 0) is 41.1 Å². The van der Waals surface area contributed by atoms with Crippen molar-refractivity contribution in [2.24, 2.45) is 16.5 Å². The zero-order valence-corrected chi connectivity index (χ0v) is 21.7. The molecule has 0 aliphatic carbocycles. The summed E-state index contributed by atoms with van der Waals surface area (Å²) in [6, 6.07) is 0. The van der Waals surface area contributed by atoms with Gasteiger partial charge in [0.1, 0.15) is 25.0 Å². The normalized spacial score (nSPS) is 27.4. The Labute approximate surface area is 210 Å². The highest BCUT2D eigenvalue weighted by molar-refractivity contribution is 7.66. The molecule has 6 atom stereocenters. The fourth-order valence-corrected chi connectivity index (χ4v) is 5.99. The van der Waals surface area contributed by atoms with Gasteiger partial charge < -0.3 is 55.3 Å². The first-order valence-electron chi connectivity index (χ1n) is 10.1. The highest BCUT2D eigenvalue weighted by Gasteiger charge is 2.45. The summed E-state index contributed by atoms with van der Waals surface area (Å²) in [6.07, 6.45) is -1.61. The summed E-state index contributed by atoms with van der Waals surface area (Å²) in [5, 5.41) is 10.4. The third kappa shape index (κ3) is 10.7. The van der Waals surface area contributed by atoms with Gasteiger partial charge in [-0.2, -0.15) is 8.62 Å². The van der Waals surface area contributed by atoms with Crippen molar-refractivity contribution in [3.8, 4) is 11.8 Å². The second-order valence-electron chi connectivity index (χ2n) is 7.09. The molecule has 0 spiro atoms. The Bertz CT molecular complexity index is 1080. The van der Waals surface area contributed by atoms with E-state index in [0.29, 0.717) is 0 Å². The maximum atomic E-state index is 12.1. The van der Waals surface area contributed by atoms with Gasteiger partial charge in [-0.15, -0.1) is 6.58 Å². The average Bonchev–Trinajstić information content (AvgIpc) is 3.15. The first-order chi connectivity index (χ1) is 17.2. The molecule has 2 aliphatic rings. The quantitative estimate of drug-likeness (QED) is 0.0434. The third-order valence-corrected chi connectivity index (χ3v) is 8.14. The summed E-state index contributed by atoms with van der Waals surface area (Å²) in [6.45, 7) is 2.63. The molecule has 9 N–H and O–H groups in total. The molecule has 0 aromatic rings. The van der Waals surface area contributed by atoms with E-state index in [2.05, 4.69) is 36.6 Å². The maximum Gasteiger partial charge on any atom is 0.490 e. The molecule has 21 heteroatoms. The highest BCUT2D eigenvalue weighted by atomic mass is 31.3. The summed E-state index contributed by atoms with van der Waals surface area (Å²) in [5.41, 5.74) is 11.4. The zero-order chi connectivity index (χ0) is 27.9. The Morgan fingerprint density at radius 3 is 2.57 bits per heavy atom. The van der Waals surface area contributed by atoms with E-state index in [4.69, 9.17) is 35.5 Å². The molecule has 18 nitrogen and oxygen atoms in total. The number of aliphatic hydroxyl groups excluding tert-OH is 1. The van der Waals surface area contributed by atoms with Gasteiger partial charge in [0.05, 0.1) is 31.4 Å². The van der Waals surface area contributed by atoms with Gasteiger partial charge in [0.15, 0.2) is 0 Å². The minimum atomic E-state index is -5.70. The van der Waals surface area contributed by atoms with E-state index in [-0.39, 0.29) is 37.8 Å². The van der Waals surface area contributed by atoms with Crippen LogP contribution in [0.25, 0.3) is 0 Å². The highest BCUT2D eigenvalue weighted by Crippen LogP contribution is 2.66. The van der Waals surface area contributed by atoms with Crippen molar-refractivity contribution in [3.63, 3.8) is 0 Å². The van der Waals surface area contributed by atoms with E-state index < -0.39 is 54.9 Å². The second-order valence-corrected chi connectivity index (χ2v) is 11.5. The molecule has 0 saturated carbocycles. The summed E-state index contributed by atoms with van der Waals surface area (Å²) in [5.74, 6) is 5.24. The van der Waals surface area contributed by atoms with E-state index in [9.17, 15) is 28.6 Å². The van der Waals surface area contributed by atoms with Crippen LogP contribution in [-0.4, -0.2) is 86.8 Å². The Balaban J connectivity index is 2.14. The van der Waals surface area contributed by atoms with Crippen LogP contribution in [0, 0.1) is 11.8 Å². The van der Waals surface area contributed by atoms with E-state index >= 15 is 0 Å². The first-order valence-corrected chi connectivity index (χ1v) is 14.6. The summed E-state index contributed by atoms with van der Waals surface area (Å²) in [7, 11) is -16.7. The molecule has 1 fully saturated rings. The lowest BCUT2D eigenvalue weighted by Crippen LogP contribution is -2.43. The summed E-state index contributed by atoms with van der Waals surface area (Å²) < 4.78 is 62.9. The molecule has 37 heavy (non-hydrogen) atoms. The lowest BCUT2D eigenvalue weighted by Gasteiger charge is -2.32. The number of aliphatic imine (C=N–C) groups is 1. The molecule has 210 valence electrons. The Hall–Kier alpha value is -1.48. The molecule has 4 unspecified atom stereocenters. The van der Waals surface area contributed by atoms with Gasteiger partial charge in [0, 0.05) is 12.6 Å². The number of phosphoric acid groups is 3. The molecule has 2 aliphatic heterocycles. The van der Waals surface area contributed by atoms with Gasteiger partial charge in [-0.05, 0) is 0 Å². The second kappa shape index (κ2) is 13.5. The maximum absolute atomic E-state index is 12.1. The number of hydrogen-bond acceptors (Lipinski definition) is 14. The van der Waals surface area contributed by atoms with Crippen molar-refractivity contribution in [1.82, 2.24) is 4.90 Å². The van der Waals surface area contributed by atoms with Crippen molar-refractivity contribution in [3.05, 3.63) is 24.4 Å². The van der Waals surface area contributed by atoms with Crippen LogP contribution in [0.5, 0.6) is 0 Å². The van der Waals surface area contributed by atoms with E-state index in [1.54, 1.807) is 0 Å². The summed E-state index contributed by atoms with van der Waals surface area (Å²) >= 11 is 0. The van der Waals surface area contributed by atoms with Gasteiger partial charge >= 0.3 is 23.5 Å². The number of amidine groups is 1. The van der Waals surface area contributed by atoms with Crippen molar-refractivity contribution in [2.75, 3.05) is 26.6 Å². The number of nitrogens with two attached hydrogens (primary N) is 2. The number of rotatable bonds is 13. The Morgan fingerprint density at radius 1 is 1.24 bits per heavy atom. The largest absolute Gasteiger partial charge is 0.490 e. The molecule has 2 heterocycles. The fourth-order valence-electron chi connectivity index (χ4n) is 2.96. The molecule has 1 saturated heterocycles. The molecular formula is C16H27N4O14P3. The van der Waals surface area contributed by atoms with Gasteiger partial charge in [-0.25, -0.2) is 18.7 Å². The van der Waals surface area contributed by atoms with Gasteiger partial charge in [0.2, 0.25) is 6.35 Å². The number of aliphatic hydroxyl groups is 1. The third-order valence-electron chi connectivity index (χ3n) is 4.33. The van der Waals surface area contributed by atoms with Crippen LogP contribution in [0.1, 0.15) is 6.42 Å². The standard InChI is InChI=1S/C16H27N4O14P3/c1-2-6-29-10-30-12-7-14(20-8-11(4-3-5-17)15(18)19-16(20)21)32-13(12)9-31-36(25,26)34-37(27,28)33-35(22,23)24/h2,8,12-14,16,21H,1,5-7,9-10,17H2,(H2,18,19)(H,25,26)(H,27,28)(H2,22,23,24)/t12?,13-,14-,16?/m1/s1. The molecule has 0 bridgehead atoms. The van der Waals surface area contributed by atoms with Crippen LogP contribution in [0.2, 0.25) is 0 Å². The minimum Gasteiger partial charge on any atom is -0.383 e. The van der Waals surface area contributed by atoms with Gasteiger partial charge in [-0.1, -0.05) is 17.9 Å². The van der Waals surface area contributed by atoms with Gasteiger partial charge in [-0.3, -0.25) is 4.52 Å².